The maximum atomic E-state index is 15.7. The highest BCUT2D eigenvalue weighted by atomic mass is 79.9. The van der Waals surface area contributed by atoms with E-state index in [1.165, 1.54) is 6.33 Å². The van der Waals surface area contributed by atoms with Crippen molar-refractivity contribution in [1.82, 2.24) is 19.5 Å². The normalized spacial score (nSPS) is 25.6. The Bertz CT molecular complexity index is 1330. The maximum Gasteiger partial charge on any atom is 0.175 e. The van der Waals surface area contributed by atoms with Crippen molar-refractivity contribution in [1.29, 1.82) is 0 Å². The van der Waals surface area contributed by atoms with Gasteiger partial charge in [-0.05, 0) is 40.2 Å². The molecule has 9 nitrogen and oxygen atoms in total. The van der Waals surface area contributed by atoms with Crippen LogP contribution in [-0.2, 0) is 0 Å². The van der Waals surface area contributed by atoms with E-state index < -0.39 is 30.5 Å². The van der Waals surface area contributed by atoms with Gasteiger partial charge in [-0.2, -0.15) is 0 Å². The molecule has 0 radical (unpaired) electrons. The molecule has 32 heavy (non-hydrogen) atoms. The van der Waals surface area contributed by atoms with E-state index in [1.807, 2.05) is 6.07 Å². The monoisotopic (exact) mass is 502 g/mol. The van der Waals surface area contributed by atoms with Gasteiger partial charge in [0.15, 0.2) is 5.67 Å². The van der Waals surface area contributed by atoms with Crippen LogP contribution >= 0.6 is 15.9 Å². The molecule has 1 aromatic carbocycles. The average molecular weight is 503 g/mol. The van der Waals surface area contributed by atoms with Crippen LogP contribution in [0.25, 0.3) is 21.9 Å². The van der Waals surface area contributed by atoms with Gasteiger partial charge in [0.25, 0.3) is 0 Å². The molecule has 0 amide bonds. The molecule has 0 aliphatic heterocycles. The minimum absolute atomic E-state index is 0.172. The van der Waals surface area contributed by atoms with Gasteiger partial charge in [-0.3, -0.25) is 0 Å². The second-order valence-corrected chi connectivity index (χ2v) is 8.81. The van der Waals surface area contributed by atoms with E-state index in [1.54, 1.807) is 35.0 Å². The number of anilines is 2. The summed E-state index contributed by atoms with van der Waals surface area (Å²) in [6.07, 6.45) is -0.216. The third-order valence-electron chi connectivity index (χ3n) is 5.94. The number of nitrogen functional groups attached to an aromatic ring is 2. The van der Waals surface area contributed by atoms with E-state index in [0.29, 0.717) is 32.6 Å². The molecule has 166 valence electrons. The second-order valence-electron chi connectivity index (χ2n) is 7.96. The lowest BCUT2D eigenvalue weighted by Crippen LogP contribution is -2.43. The van der Waals surface area contributed by atoms with Crippen LogP contribution in [0.3, 0.4) is 0 Å². The Hall–Kier alpha value is -3.02. The molecule has 1 unspecified atom stereocenters. The van der Waals surface area contributed by atoms with E-state index in [-0.39, 0.29) is 12.2 Å². The number of alkyl halides is 1. The molecule has 3 aromatic heterocycles. The number of aliphatic hydroxyl groups excluding tert-OH is 2. The first kappa shape index (κ1) is 20.9. The summed E-state index contributed by atoms with van der Waals surface area (Å²) in [6.45, 7) is -0.449. The number of fused-ring (bicyclic) bond motifs is 2. The number of benzene rings is 1. The summed E-state index contributed by atoms with van der Waals surface area (Å²) in [7, 11) is 0. The van der Waals surface area contributed by atoms with E-state index in [0.717, 1.165) is 5.39 Å². The Morgan fingerprint density at radius 2 is 2.00 bits per heavy atom. The zero-order valence-corrected chi connectivity index (χ0v) is 18.3. The van der Waals surface area contributed by atoms with E-state index >= 15 is 4.39 Å². The van der Waals surface area contributed by atoms with Crippen molar-refractivity contribution >= 4 is 49.5 Å². The van der Waals surface area contributed by atoms with Crippen molar-refractivity contribution in [3.8, 4) is 5.75 Å². The zero-order valence-electron chi connectivity index (χ0n) is 16.7. The van der Waals surface area contributed by atoms with E-state index in [2.05, 4.69) is 30.9 Å². The van der Waals surface area contributed by atoms with Crippen LogP contribution in [0.1, 0.15) is 12.5 Å². The molecule has 1 saturated carbocycles. The van der Waals surface area contributed by atoms with Crippen LogP contribution in [0.5, 0.6) is 5.75 Å². The lowest BCUT2D eigenvalue weighted by atomic mass is 10.0. The molecule has 11 heteroatoms. The van der Waals surface area contributed by atoms with Crippen molar-refractivity contribution in [3.05, 3.63) is 47.3 Å². The Morgan fingerprint density at radius 1 is 1.19 bits per heavy atom. The fraction of sp³-hybridized carbons (Fsp3) is 0.286. The van der Waals surface area contributed by atoms with Gasteiger partial charge >= 0.3 is 0 Å². The van der Waals surface area contributed by atoms with Gasteiger partial charge in [-0.15, -0.1) is 0 Å². The number of ether oxygens (including phenoxy) is 1. The van der Waals surface area contributed by atoms with Gasteiger partial charge in [-0.1, -0.05) is 0 Å². The average Bonchev–Trinajstić information content (AvgIpc) is 3.29. The van der Waals surface area contributed by atoms with Crippen LogP contribution in [-0.4, -0.2) is 54.2 Å². The summed E-state index contributed by atoms with van der Waals surface area (Å²) in [6, 6.07) is 7.90. The number of halogens is 2. The summed E-state index contributed by atoms with van der Waals surface area (Å²) < 4.78 is 23.7. The van der Waals surface area contributed by atoms with Crippen LogP contribution in [0.15, 0.2) is 47.3 Å². The fourth-order valence-corrected chi connectivity index (χ4v) is 4.54. The first-order chi connectivity index (χ1) is 15.3. The number of rotatable bonds is 4. The lowest BCUT2D eigenvalue weighted by molar-refractivity contribution is -0.0605. The summed E-state index contributed by atoms with van der Waals surface area (Å²) in [5.41, 5.74) is 10.6. The summed E-state index contributed by atoms with van der Waals surface area (Å²) >= 11 is 3.33. The number of hydrogen-bond donors (Lipinski definition) is 4. The summed E-state index contributed by atoms with van der Waals surface area (Å²) in [5.74, 6) is 0.993. The van der Waals surface area contributed by atoms with Gasteiger partial charge < -0.3 is 31.0 Å². The highest BCUT2D eigenvalue weighted by Gasteiger charge is 2.55. The molecule has 1 aliphatic carbocycles. The van der Waals surface area contributed by atoms with Gasteiger partial charge in [0.1, 0.15) is 48.2 Å². The quantitative estimate of drug-likeness (QED) is 0.332. The first-order valence-corrected chi connectivity index (χ1v) is 10.7. The Labute approximate surface area is 190 Å². The molecule has 5 rings (SSSR count). The van der Waals surface area contributed by atoms with E-state index in [4.69, 9.17) is 16.2 Å². The lowest BCUT2D eigenvalue weighted by Gasteiger charge is -2.24. The van der Waals surface area contributed by atoms with Crippen molar-refractivity contribution in [3.63, 3.8) is 0 Å². The number of nitrogens with zero attached hydrogens (tertiary/aromatic N) is 4. The van der Waals surface area contributed by atoms with Gasteiger partial charge in [0, 0.05) is 24.1 Å². The molecule has 6 N–H and O–H groups in total. The van der Waals surface area contributed by atoms with Gasteiger partial charge in [0.05, 0.1) is 21.4 Å². The summed E-state index contributed by atoms with van der Waals surface area (Å²) in [5, 5.41) is 22.6. The molecule has 0 saturated heterocycles. The van der Waals surface area contributed by atoms with Crippen molar-refractivity contribution in [2.75, 3.05) is 18.1 Å². The number of aliphatic hydroxyl groups is 2. The summed E-state index contributed by atoms with van der Waals surface area (Å²) in [4.78, 5) is 12.4. The molecule has 0 bridgehead atoms. The highest BCUT2D eigenvalue weighted by molar-refractivity contribution is 9.10. The minimum atomic E-state index is -2.18. The molecular formula is C21H20BrFN6O3. The fourth-order valence-electron chi connectivity index (χ4n) is 4.20. The third kappa shape index (κ3) is 3.33. The van der Waals surface area contributed by atoms with Crippen molar-refractivity contribution in [2.45, 2.75) is 30.3 Å². The maximum absolute atomic E-state index is 15.7. The van der Waals surface area contributed by atoms with Crippen molar-refractivity contribution < 1.29 is 19.3 Å². The van der Waals surface area contributed by atoms with Gasteiger partial charge in [0.2, 0.25) is 0 Å². The number of aromatic nitrogens is 4. The van der Waals surface area contributed by atoms with Crippen molar-refractivity contribution in [2.24, 2.45) is 0 Å². The second kappa shape index (κ2) is 7.54. The largest absolute Gasteiger partial charge is 0.490 e. The molecule has 4 aromatic rings. The number of pyridine rings is 1. The topological polar surface area (TPSA) is 145 Å². The van der Waals surface area contributed by atoms with Crippen LogP contribution in [0.2, 0.25) is 0 Å². The highest BCUT2D eigenvalue weighted by Crippen LogP contribution is 2.43. The predicted molar refractivity (Wildman–Crippen MR) is 121 cm³/mol. The van der Waals surface area contributed by atoms with Crippen LogP contribution in [0.4, 0.5) is 16.0 Å². The smallest absolute Gasteiger partial charge is 0.175 e. The number of hydrogen-bond acceptors (Lipinski definition) is 8. The Balaban J connectivity index is 1.38. The van der Waals surface area contributed by atoms with Gasteiger partial charge in [-0.25, -0.2) is 19.3 Å². The number of nitrogens with two attached hydrogens (primary N) is 2. The molecule has 0 spiro atoms. The standard InChI is InChI=1S/C21H20BrFN6O3/c22-13-5-10-1-2-11(6-14(10)28-19(13)25)32-8-21(23)7-15(16(30)17(21)31)29-4-3-12-18(24)26-9-27-20(12)29/h1-6,9,15-17,30-31H,7-8H2,(H2,25,28)(H2,24,26,27)/t15-,16+,17+,21?/m1/s1. The molecule has 4 atom stereocenters. The molecule has 1 fully saturated rings. The zero-order chi connectivity index (χ0) is 22.6. The SMILES string of the molecule is Nc1nc2cc(OCC3(F)C[C@@H](n4ccc5c(N)ncnc54)[C@H](O)[C@@H]3O)ccc2cc1Br. The Morgan fingerprint density at radius 3 is 2.81 bits per heavy atom. The molecule has 3 heterocycles. The molecular weight excluding hydrogens is 483 g/mol. The van der Waals surface area contributed by atoms with E-state index in [9.17, 15) is 10.2 Å². The Kier molecular flexibility index (Phi) is 4.91. The minimum Gasteiger partial charge on any atom is -0.490 e. The first-order valence-electron chi connectivity index (χ1n) is 9.87. The van der Waals surface area contributed by atoms with Crippen LogP contribution < -0.4 is 16.2 Å². The predicted octanol–water partition coefficient (Wildman–Crippen LogP) is 2.36. The van der Waals surface area contributed by atoms with Crippen LogP contribution in [0, 0.1) is 0 Å². The third-order valence-corrected chi connectivity index (χ3v) is 6.58. The molecule has 1 aliphatic rings.